The molecule has 0 amide bonds. The highest BCUT2D eigenvalue weighted by molar-refractivity contribution is 7.15. The van der Waals surface area contributed by atoms with Crippen LogP contribution in [0.5, 0.6) is 0 Å². The zero-order valence-electron chi connectivity index (χ0n) is 12.8. The third kappa shape index (κ3) is 3.27. The molecule has 0 atom stereocenters. The molecule has 1 aliphatic rings. The normalized spacial score (nSPS) is 19.9. The first-order chi connectivity index (χ1) is 8.94. The monoisotopic (exact) mass is 282 g/mol. The summed E-state index contributed by atoms with van der Waals surface area (Å²) in [4.78, 5) is 11.0. The maximum absolute atomic E-state index is 4.76. The summed E-state index contributed by atoms with van der Waals surface area (Å²) in [6.07, 6.45) is 0. The van der Waals surface area contributed by atoms with Crippen molar-refractivity contribution in [1.29, 1.82) is 0 Å². The molecule has 1 saturated heterocycles. The minimum absolute atomic E-state index is 0.222. The second-order valence-electron chi connectivity index (χ2n) is 5.94. The van der Waals surface area contributed by atoms with E-state index < -0.39 is 0 Å². The van der Waals surface area contributed by atoms with E-state index in [1.165, 1.54) is 15.7 Å². The van der Waals surface area contributed by atoms with Gasteiger partial charge < -0.3 is 10.2 Å². The second kappa shape index (κ2) is 5.77. The fraction of sp³-hybridized carbons (Fsp3) is 0.786. The van der Waals surface area contributed by atoms with E-state index in [0.717, 1.165) is 32.7 Å². The molecule has 0 saturated carbocycles. The molecule has 2 heterocycles. The van der Waals surface area contributed by atoms with Crippen LogP contribution in [0.15, 0.2) is 0 Å². The molecule has 1 aromatic rings. The van der Waals surface area contributed by atoms with Crippen molar-refractivity contribution in [3.05, 3.63) is 10.6 Å². The van der Waals surface area contributed by atoms with Crippen molar-refractivity contribution in [1.82, 2.24) is 15.2 Å². The van der Waals surface area contributed by atoms with Gasteiger partial charge >= 0.3 is 0 Å². The Morgan fingerprint density at radius 2 is 2.11 bits per heavy atom. The highest BCUT2D eigenvalue weighted by Crippen LogP contribution is 2.30. The minimum Gasteiger partial charge on any atom is -0.345 e. The number of anilines is 1. The number of nitrogens with one attached hydrogen (secondary N) is 1. The zero-order valence-corrected chi connectivity index (χ0v) is 13.6. The first kappa shape index (κ1) is 14.8. The summed E-state index contributed by atoms with van der Waals surface area (Å²) in [5, 5.41) is 4.58. The lowest BCUT2D eigenvalue weighted by molar-refractivity contribution is 0.139. The number of aromatic nitrogens is 1. The number of aryl methyl sites for hydroxylation is 1. The van der Waals surface area contributed by atoms with Gasteiger partial charge in [-0.25, -0.2) is 4.98 Å². The summed E-state index contributed by atoms with van der Waals surface area (Å²) in [6.45, 7) is 14.1. The maximum Gasteiger partial charge on any atom is 0.185 e. The van der Waals surface area contributed by atoms with Gasteiger partial charge in [-0.05, 0) is 34.4 Å². The van der Waals surface area contributed by atoms with Crippen LogP contribution in [-0.2, 0) is 6.54 Å². The summed E-state index contributed by atoms with van der Waals surface area (Å²) in [5.74, 6) is 0. The van der Waals surface area contributed by atoms with Crippen molar-refractivity contribution in [2.24, 2.45) is 0 Å². The van der Waals surface area contributed by atoms with Crippen LogP contribution < -0.4 is 10.2 Å². The van der Waals surface area contributed by atoms with Crippen molar-refractivity contribution >= 4 is 16.5 Å². The Hall–Kier alpha value is -0.650. The molecule has 1 N–H and O–H groups in total. The van der Waals surface area contributed by atoms with E-state index >= 15 is 0 Å². The van der Waals surface area contributed by atoms with Gasteiger partial charge in [0.1, 0.15) is 0 Å². The molecule has 0 unspecified atom stereocenters. The van der Waals surface area contributed by atoms with Crippen LogP contribution >= 0.6 is 11.3 Å². The molecule has 1 fully saturated rings. The van der Waals surface area contributed by atoms with Gasteiger partial charge in [-0.3, -0.25) is 4.90 Å². The first-order valence-electron chi connectivity index (χ1n) is 7.07. The van der Waals surface area contributed by atoms with Gasteiger partial charge in [-0.15, -0.1) is 11.3 Å². The lowest BCUT2D eigenvalue weighted by Crippen LogP contribution is -2.57. The lowest BCUT2D eigenvalue weighted by atomic mass is 10.0. The second-order valence-corrected chi connectivity index (χ2v) is 7.00. The van der Waals surface area contributed by atoms with Crippen LogP contribution in [0.4, 0.5) is 5.13 Å². The highest BCUT2D eigenvalue weighted by Gasteiger charge is 2.32. The number of hydrogen-bond acceptors (Lipinski definition) is 5. The van der Waals surface area contributed by atoms with Crippen LogP contribution in [0.25, 0.3) is 0 Å². The van der Waals surface area contributed by atoms with E-state index in [0.29, 0.717) is 0 Å². The van der Waals surface area contributed by atoms with Crippen molar-refractivity contribution < 1.29 is 0 Å². The average Bonchev–Trinajstić information content (AvgIpc) is 2.71. The molecule has 0 aliphatic carbocycles. The van der Waals surface area contributed by atoms with E-state index in [9.17, 15) is 0 Å². The van der Waals surface area contributed by atoms with Gasteiger partial charge in [0.25, 0.3) is 0 Å². The Balaban J connectivity index is 2.10. The smallest absolute Gasteiger partial charge is 0.185 e. The molecule has 108 valence electrons. The van der Waals surface area contributed by atoms with E-state index in [1.54, 1.807) is 0 Å². The third-order valence-electron chi connectivity index (χ3n) is 4.00. The third-order valence-corrected chi connectivity index (χ3v) is 5.22. The van der Waals surface area contributed by atoms with Gasteiger partial charge in [0.15, 0.2) is 5.13 Å². The summed E-state index contributed by atoms with van der Waals surface area (Å²) in [7, 11) is 2.21. The highest BCUT2D eigenvalue weighted by atomic mass is 32.1. The lowest BCUT2D eigenvalue weighted by Gasteiger charge is -2.45. The summed E-state index contributed by atoms with van der Waals surface area (Å²) in [6, 6.07) is 0. The summed E-state index contributed by atoms with van der Waals surface area (Å²) >= 11 is 1.84. The fourth-order valence-electron chi connectivity index (χ4n) is 2.35. The Kier molecular flexibility index (Phi) is 4.48. The van der Waals surface area contributed by atoms with Gasteiger partial charge in [0.05, 0.1) is 5.69 Å². The van der Waals surface area contributed by atoms with Crippen LogP contribution in [0.3, 0.4) is 0 Å². The molecular weight excluding hydrogens is 256 g/mol. The molecule has 2 rings (SSSR count). The molecule has 0 aromatic carbocycles. The largest absolute Gasteiger partial charge is 0.345 e. The van der Waals surface area contributed by atoms with Crippen LogP contribution in [0.1, 0.15) is 31.3 Å². The number of piperazine rings is 1. The molecule has 1 aliphatic heterocycles. The van der Waals surface area contributed by atoms with Crippen molar-refractivity contribution in [2.75, 3.05) is 38.1 Å². The van der Waals surface area contributed by atoms with E-state index in [1.807, 2.05) is 11.3 Å². The van der Waals surface area contributed by atoms with E-state index in [4.69, 9.17) is 4.98 Å². The predicted octanol–water partition coefficient (Wildman–Crippen LogP) is 2.09. The van der Waals surface area contributed by atoms with Crippen LogP contribution in [-0.4, -0.2) is 48.6 Å². The van der Waals surface area contributed by atoms with Crippen molar-refractivity contribution in [2.45, 2.75) is 39.8 Å². The van der Waals surface area contributed by atoms with E-state index in [2.05, 4.69) is 49.9 Å². The molecule has 0 bridgehead atoms. The number of nitrogens with zero attached hydrogens (tertiary/aromatic N) is 3. The van der Waals surface area contributed by atoms with Gasteiger partial charge in [0.2, 0.25) is 0 Å². The number of rotatable bonds is 4. The minimum atomic E-state index is 0.222. The summed E-state index contributed by atoms with van der Waals surface area (Å²) < 4.78 is 0. The zero-order chi connectivity index (χ0) is 14.0. The molecule has 0 radical (unpaired) electrons. The number of hydrogen-bond donors (Lipinski definition) is 1. The quantitative estimate of drug-likeness (QED) is 0.916. The van der Waals surface area contributed by atoms with Gasteiger partial charge in [-0.2, -0.15) is 0 Å². The van der Waals surface area contributed by atoms with Gasteiger partial charge in [-0.1, -0.05) is 6.92 Å². The Labute approximate surface area is 120 Å². The van der Waals surface area contributed by atoms with Crippen molar-refractivity contribution in [3.8, 4) is 0 Å². The maximum atomic E-state index is 4.76. The molecule has 19 heavy (non-hydrogen) atoms. The average molecular weight is 282 g/mol. The molecule has 0 spiro atoms. The fourth-order valence-corrected chi connectivity index (χ4v) is 3.41. The van der Waals surface area contributed by atoms with Crippen LogP contribution in [0.2, 0.25) is 0 Å². The number of likely N-dealkylation sites (N-methyl/N-ethyl adjacent to an activating group) is 1. The standard InChI is InChI=1S/C14H26N4S/c1-6-15-9-12-11(2)16-13(19-12)18-8-7-17(5)14(3,4)10-18/h15H,6-10H2,1-5H3. The first-order valence-corrected chi connectivity index (χ1v) is 7.89. The molecule has 1 aromatic heterocycles. The van der Waals surface area contributed by atoms with E-state index in [-0.39, 0.29) is 5.54 Å². The number of thiazole rings is 1. The molecule has 4 nitrogen and oxygen atoms in total. The Morgan fingerprint density at radius 3 is 2.74 bits per heavy atom. The Morgan fingerprint density at radius 1 is 1.37 bits per heavy atom. The molecular formula is C14H26N4S. The van der Waals surface area contributed by atoms with Crippen molar-refractivity contribution in [3.63, 3.8) is 0 Å². The molecule has 5 heteroatoms. The Bertz CT molecular complexity index is 427. The topological polar surface area (TPSA) is 31.4 Å². The summed E-state index contributed by atoms with van der Waals surface area (Å²) in [5.41, 5.74) is 1.40. The predicted molar refractivity (Wildman–Crippen MR) is 83.2 cm³/mol. The van der Waals surface area contributed by atoms with Gasteiger partial charge in [0, 0.05) is 36.6 Å². The van der Waals surface area contributed by atoms with Crippen LogP contribution in [0, 0.1) is 6.92 Å². The SMILES string of the molecule is CCNCc1sc(N2CCN(C)C(C)(C)C2)nc1C.